The van der Waals surface area contributed by atoms with Gasteiger partial charge in [-0.15, -0.1) is 11.3 Å². The van der Waals surface area contributed by atoms with Gasteiger partial charge in [0.15, 0.2) is 11.5 Å². The van der Waals surface area contributed by atoms with Crippen molar-refractivity contribution in [2.45, 2.75) is 32.7 Å². The average Bonchev–Trinajstić information content (AvgIpc) is 3.14. The van der Waals surface area contributed by atoms with E-state index < -0.39 is 0 Å². The molecule has 2 heterocycles. The van der Waals surface area contributed by atoms with Crippen LogP contribution in [0.15, 0.2) is 42.5 Å². The third-order valence-corrected chi connectivity index (χ3v) is 6.56. The van der Waals surface area contributed by atoms with Gasteiger partial charge in [-0.05, 0) is 56.5 Å². The topological polar surface area (TPSA) is 51.7 Å². The number of carbonyl (C=O) groups excluding carboxylic acids is 1. The number of benzene rings is 2. The molecule has 0 fully saturated rings. The van der Waals surface area contributed by atoms with E-state index in [1.807, 2.05) is 48.2 Å². The fraction of sp³-hybridized carbons (Fsp3) is 0.304. The molecule has 1 atom stereocenters. The van der Waals surface area contributed by atoms with Gasteiger partial charge in [-0.1, -0.05) is 18.2 Å². The van der Waals surface area contributed by atoms with Gasteiger partial charge in [0, 0.05) is 17.3 Å². The summed E-state index contributed by atoms with van der Waals surface area (Å²) in [4.78, 5) is 20.8. The van der Waals surface area contributed by atoms with Crippen LogP contribution in [0.25, 0.3) is 10.6 Å². The van der Waals surface area contributed by atoms with Crippen molar-refractivity contribution in [3.8, 4) is 22.1 Å². The Labute approximate surface area is 174 Å². The lowest BCUT2D eigenvalue weighted by Crippen LogP contribution is -2.42. The summed E-state index contributed by atoms with van der Waals surface area (Å²) < 4.78 is 10.7. The van der Waals surface area contributed by atoms with E-state index >= 15 is 0 Å². The van der Waals surface area contributed by atoms with Gasteiger partial charge in [-0.25, -0.2) is 4.98 Å². The van der Waals surface area contributed by atoms with Gasteiger partial charge in [0.25, 0.3) is 5.91 Å². The lowest BCUT2D eigenvalue weighted by atomic mass is 9.96. The highest BCUT2D eigenvalue weighted by Crippen LogP contribution is 2.37. The van der Waals surface area contributed by atoms with Crippen LogP contribution in [-0.2, 0) is 6.42 Å². The second-order valence-electron chi connectivity index (χ2n) is 7.19. The van der Waals surface area contributed by atoms with Gasteiger partial charge in [-0.2, -0.15) is 0 Å². The summed E-state index contributed by atoms with van der Waals surface area (Å²) in [5.74, 6) is 1.33. The summed E-state index contributed by atoms with van der Waals surface area (Å²) in [5, 5.41) is 0.796. The second kappa shape index (κ2) is 7.87. The van der Waals surface area contributed by atoms with Gasteiger partial charge in [0.1, 0.15) is 9.88 Å². The lowest BCUT2D eigenvalue weighted by Gasteiger charge is -2.35. The Kier molecular flexibility index (Phi) is 5.28. The highest BCUT2D eigenvalue weighted by Gasteiger charge is 2.31. The average molecular weight is 409 g/mol. The fourth-order valence-electron chi connectivity index (χ4n) is 3.79. The van der Waals surface area contributed by atoms with Crippen LogP contribution in [0.3, 0.4) is 0 Å². The highest BCUT2D eigenvalue weighted by atomic mass is 32.1. The summed E-state index contributed by atoms with van der Waals surface area (Å²) in [7, 11) is 3.22. The zero-order valence-corrected chi connectivity index (χ0v) is 17.9. The maximum atomic E-state index is 13.5. The number of amides is 1. The maximum absolute atomic E-state index is 13.5. The molecule has 1 aromatic heterocycles. The molecule has 1 amide bonds. The van der Waals surface area contributed by atoms with E-state index in [0.29, 0.717) is 16.4 Å². The number of anilines is 1. The number of fused-ring (bicyclic) bond motifs is 1. The fourth-order valence-corrected chi connectivity index (χ4v) is 4.79. The quantitative estimate of drug-likeness (QED) is 0.601. The molecule has 0 N–H and O–H groups in total. The molecule has 29 heavy (non-hydrogen) atoms. The van der Waals surface area contributed by atoms with Crippen molar-refractivity contribution in [3.63, 3.8) is 0 Å². The standard InChI is InChI=1S/C23H24N2O3S/c1-14-9-10-16-7-5-6-8-18(16)25(14)23(26)21-15(2)24-22(29-21)17-11-12-19(27-3)20(13-17)28-4/h5-8,11-14H,9-10H2,1-4H3. The van der Waals surface area contributed by atoms with Crippen molar-refractivity contribution >= 4 is 22.9 Å². The number of rotatable bonds is 4. The van der Waals surface area contributed by atoms with Crippen molar-refractivity contribution in [1.29, 1.82) is 0 Å². The molecule has 150 valence electrons. The number of aromatic nitrogens is 1. The molecule has 0 radical (unpaired) electrons. The number of hydrogen-bond acceptors (Lipinski definition) is 5. The largest absolute Gasteiger partial charge is 0.493 e. The van der Waals surface area contributed by atoms with Gasteiger partial charge in [-0.3, -0.25) is 4.79 Å². The molecule has 6 heteroatoms. The van der Waals surface area contributed by atoms with E-state index in [1.165, 1.54) is 16.9 Å². The minimum absolute atomic E-state index is 0.0198. The second-order valence-corrected chi connectivity index (χ2v) is 8.19. The van der Waals surface area contributed by atoms with Gasteiger partial charge < -0.3 is 14.4 Å². The number of thiazole rings is 1. The van der Waals surface area contributed by atoms with E-state index in [1.54, 1.807) is 14.2 Å². The molecule has 5 nitrogen and oxygen atoms in total. The number of aryl methyl sites for hydroxylation is 2. The molecule has 3 aromatic rings. The molecule has 0 saturated heterocycles. The van der Waals surface area contributed by atoms with Crippen molar-refractivity contribution in [3.05, 3.63) is 58.6 Å². The predicted octanol–water partition coefficient (Wildman–Crippen LogP) is 5.12. The molecule has 0 saturated carbocycles. The van der Waals surface area contributed by atoms with E-state index in [-0.39, 0.29) is 11.9 Å². The SMILES string of the molecule is COc1ccc(-c2nc(C)c(C(=O)N3c4ccccc4CCC3C)s2)cc1OC. The van der Waals surface area contributed by atoms with Crippen LogP contribution in [0.4, 0.5) is 5.69 Å². The first-order valence-corrected chi connectivity index (χ1v) is 10.5. The van der Waals surface area contributed by atoms with Crippen LogP contribution in [0, 0.1) is 6.92 Å². The van der Waals surface area contributed by atoms with Gasteiger partial charge in [0.2, 0.25) is 0 Å². The summed E-state index contributed by atoms with van der Waals surface area (Å²) in [5.41, 5.74) is 3.89. The first-order valence-electron chi connectivity index (χ1n) is 9.64. The molecule has 4 rings (SSSR count). The van der Waals surface area contributed by atoms with Crippen molar-refractivity contribution in [2.24, 2.45) is 0 Å². The number of ether oxygens (including phenoxy) is 2. The molecule has 1 unspecified atom stereocenters. The van der Waals surface area contributed by atoms with Gasteiger partial charge >= 0.3 is 0 Å². The van der Waals surface area contributed by atoms with Crippen molar-refractivity contribution in [2.75, 3.05) is 19.1 Å². The molecule has 0 aliphatic carbocycles. The summed E-state index contributed by atoms with van der Waals surface area (Å²) >= 11 is 1.43. The minimum atomic E-state index is 0.0198. The van der Waals surface area contributed by atoms with E-state index in [0.717, 1.165) is 34.8 Å². The monoisotopic (exact) mass is 408 g/mol. The van der Waals surface area contributed by atoms with Crippen LogP contribution in [0.2, 0.25) is 0 Å². The Balaban J connectivity index is 1.71. The number of hydrogen-bond donors (Lipinski definition) is 0. The third-order valence-electron chi connectivity index (χ3n) is 5.36. The molecular formula is C23H24N2O3S. The first-order chi connectivity index (χ1) is 14.0. The Morgan fingerprint density at radius 1 is 1.14 bits per heavy atom. The predicted molar refractivity (Wildman–Crippen MR) is 116 cm³/mol. The smallest absolute Gasteiger partial charge is 0.270 e. The van der Waals surface area contributed by atoms with E-state index in [4.69, 9.17) is 9.47 Å². The van der Waals surface area contributed by atoms with E-state index in [2.05, 4.69) is 18.0 Å². The molecule has 0 spiro atoms. The van der Waals surface area contributed by atoms with Crippen LogP contribution in [0.1, 0.15) is 34.3 Å². The Morgan fingerprint density at radius 2 is 1.90 bits per heavy atom. The zero-order valence-electron chi connectivity index (χ0n) is 17.1. The normalized spacial score (nSPS) is 15.7. The maximum Gasteiger partial charge on any atom is 0.270 e. The number of para-hydroxylation sites is 1. The van der Waals surface area contributed by atoms with Crippen LogP contribution < -0.4 is 14.4 Å². The summed E-state index contributed by atoms with van der Waals surface area (Å²) in [6.07, 6.45) is 1.96. The third kappa shape index (κ3) is 3.49. The minimum Gasteiger partial charge on any atom is -0.493 e. The summed E-state index contributed by atoms with van der Waals surface area (Å²) in [6.45, 7) is 4.01. The van der Waals surface area contributed by atoms with Crippen molar-refractivity contribution in [1.82, 2.24) is 4.98 Å². The Hall–Kier alpha value is -2.86. The Morgan fingerprint density at radius 3 is 2.66 bits per heavy atom. The van der Waals surface area contributed by atoms with Crippen LogP contribution in [0.5, 0.6) is 11.5 Å². The number of methoxy groups -OCH3 is 2. The Bertz CT molecular complexity index is 1060. The van der Waals surface area contributed by atoms with Crippen molar-refractivity contribution < 1.29 is 14.3 Å². The first kappa shape index (κ1) is 19.5. The highest BCUT2D eigenvalue weighted by molar-refractivity contribution is 7.17. The van der Waals surface area contributed by atoms with Gasteiger partial charge in [0.05, 0.1) is 19.9 Å². The molecule has 1 aliphatic heterocycles. The van der Waals surface area contributed by atoms with Crippen LogP contribution in [-0.4, -0.2) is 31.2 Å². The molecule has 0 bridgehead atoms. The molecule has 1 aliphatic rings. The molecule has 2 aromatic carbocycles. The zero-order chi connectivity index (χ0) is 20.5. The number of nitrogens with zero attached hydrogens (tertiary/aromatic N) is 2. The molecular weight excluding hydrogens is 384 g/mol. The van der Waals surface area contributed by atoms with Crippen LogP contribution >= 0.6 is 11.3 Å². The summed E-state index contributed by atoms with van der Waals surface area (Å²) in [6, 6.07) is 14.0. The van der Waals surface area contributed by atoms with E-state index in [9.17, 15) is 4.79 Å². The number of carbonyl (C=O) groups is 1. The lowest BCUT2D eigenvalue weighted by molar-refractivity contribution is 0.0978.